The zero-order valence-corrected chi connectivity index (χ0v) is 51.4. The van der Waals surface area contributed by atoms with Crippen LogP contribution in [0, 0.1) is 50.4 Å². The molecular weight excluding hydrogens is 1110 g/mol. The normalized spacial score (nSPS) is 23.9. The van der Waals surface area contributed by atoms with Crippen LogP contribution < -0.4 is 21.4 Å². The predicted molar refractivity (Wildman–Crippen MR) is 325 cm³/mol. The second-order valence-corrected chi connectivity index (χ2v) is 27.7. The average molecular weight is 1180 g/mol. The van der Waals surface area contributed by atoms with Crippen molar-refractivity contribution in [2.45, 2.75) is 163 Å². The lowest BCUT2D eigenvalue weighted by Crippen LogP contribution is -2.66. The van der Waals surface area contributed by atoms with Gasteiger partial charge in [-0.3, -0.25) is 28.7 Å². The number of fused-ring (bicyclic) bond motifs is 3. The quantitative estimate of drug-likeness (QED) is 0.0504. The number of benzene rings is 3. The maximum absolute atomic E-state index is 14.6. The Morgan fingerprint density at radius 2 is 1.66 bits per heavy atom. The monoisotopic (exact) mass is 1180 g/mol. The number of hydrogen-bond acceptors (Lipinski definition) is 13. The Hall–Kier alpha value is -6.09. The smallest absolute Gasteiger partial charge is 0.401 e. The van der Waals surface area contributed by atoms with E-state index in [1.807, 2.05) is 120 Å². The van der Waals surface area contributed by atoms with Crippen LogP contribution in [0.2, 0.25) is 5.02 Å². The minimum Gasteiger partial charge on any atom is -0.401 e. The second kappa shape index (κ2) is 23.1. The number of aromatic nitrogens is 4. The summed E-state index contributed by atoms with van der Waals surface area (Å²) in [7, 11) is -0.660. The van der Waals surface area contributed by atoms with Gasteiger partial charge in [0.1, 0.15) is 29.0 Å². The molecule has 3 aromatic carbocycles. The molecule has 6 aliphatic rings. The number of β-amino-alcohol motifs (C(OH)–C–C–N with tert-alkyl or cyclic N) is 1. The molecule has 6 aromatic rings. The molecule has 3 saturated carbocycles. The Labute approximate surface area is 499 Å². The van der Waals surface area contributed by atoms with Crippen molar-refractivity contribution >= 4 is 76.2 Å². The van der Waals surface area contributed by atoms with Crippen molar-refractivity contribution in [3.63, 3.8) is 0 Å². The zero-order chi connectivity index (χ0) is 58.9. The fourth-order valence-corrected chi connectivity index (χ4v) is 15.8. The Kier molecular flexibility index (Phi) is 16.3. The van der Waals surface area contributed by atoms with Crippen LogP contribution in [0.3, 0.4) is 0 Å². The van der Waals surface area contributed by atoms with E-state index in [0.717, 1.165) is 78.8 Å². The highest BCUT2D eigenvalue weighted by atomic mass is 35.5. The summed E-state index contributed by atoms with van der Waals surface area (Å²) in [5.41, 5.74) is 9.11. The number of halogens is 1. The first-order valence-corrected chi connectivity index (χ1v) is 31.2. The van der Waals surface area contributed by atoms with Crippen LogP contribution >= 0.6 is 34.3 Å². The summed E-state index contributed by atoms with van der Waals surface area (Å²) in [5, 5.41) is 31.0. The largest absolute Gasteiger partial charge is 0.494 e. The first-order valence-electron chi connectivity index (χ1n) is 29.1. The van der Waals surface area contributed by atoms with Crippen LogP contribution in [-0.2, 0) is 34.9 Å². The highest BCUT2D eigenvalue weighted by molar-refractivity contribution is 7.15. The Morgan fingerprint density at radius 3 is 2.37 bits per heavy atom. The van der Waals surface area contributed by atoms with Gasteiger partial charge in [0.05, 0.1) is 52.1 Å². The first kappa shape index (κ1) is 58.7. The van der Waals surface area contributed by atoms with Crippen molar-refractivity contribution in [3.8, 4) is 15.4 Å². The molecule has 3 aliphatic carbocycles. The number of likely N-dealkylation sites (tertiary alicyclic amines) is 1. The van der Waals surface area contributed by atoms with Crippen molar-refractivity contribution in [1.82, 2.24) is 40.6 Å². The van der Waals surface area contributed by atoms with Gasteiger partial charge in [-0.15, -0.1) is 32.9 Å². The third-order valence-electron chi connectivity index (χ3n) is 18.5. The summed E-state index contributed by atoms with van der Waals surface area (Å²) in [4.78, 5) is 70.1. The Balaban J connectivity index is 0.730. The maximum atomic E-state index is 14.6. The van der Waals surface area contributed by atoms with Crippen LogP contribution in [0.15, 0.2) is 83.3 Å². The van der Waals surface area contributed by atoms with E-state index in [2.05, 4.69) is 63.4 Å². The van der Waals surface area contributed by atoms with E-state index in [1.54, 1.807) is 22.7 Å². The number of aliphatic hydroxyl groups is 1. The van der Waals surface area contributed by atoms with Gasteiger partial charge in [-0.2, -0.15) is 0 Å². The Bertz CT molecular complexity index is 3480. The van der Waals surface area contributed by atoms with Crippen molar-refractivity contribution in [2.24, 2.45) is 27.7 Å². The summed E-state index contributed by atoms with van der Waals surface area (Å²) in [6.07, 6.45) is 2.87. The van der Waals surface area contributed by atoms with E-state index in [-0.39, 0.29) is 67.0 Å². The molecule has 0 radical (unpaired) electrons. The first-order chi connectivity index (χ1) is 39.5. The minimum absolute atomic E-state index is 0.0213. The summed E-state index contributed by atoms with van der Waals surface area (Å²) >= 11 is 9.60. The van der Waals surface area contributed by atoms with Crippen molar-refractivity contribution in [3.05, 3.63) is 133 Å². The third kappa shape index (κ3) is 11.3. The van der Waals surface area contributed by atoms with Crippen molar-refractivity contribution < 1.29 is 33.6 Å². The number of aryl methyl sites for hydroxylation is 4. The van der Waals surface area contributed by atoms with Gasteiger partial charge in [-0.25, -0.2) is 4.98 Å². The number of nitrogens with one attached hydrogen (secondary N) is 3. The van der Waals surface area contributed by atoms with Crippen LogP contribution in [-0.4, -0.2) is 109 Å². The number of rotatable bonds is 17. The van der Waals surface area contributed by atoms with Gasteiger partial charge >= 0.3 is 7.12 Å². The van der Waals surface area contributed by atoms with Crippen LogP contribution in [0.1, 0.15) is 149 Å². The number of thiophene rings is 1. The van der Waals surface area contributed by atoms with E-state index in [9.17, 15) is 24.3 Å². The number of aliphatic imine (C=N–C) groups is 1. The highest BCUT2D eigenvalue weighted by Gasteiger charge is 2.69. The molecule has 4 amide bonds. The van der Waals surface area contributed by atoms with Gasteiger partial charge in [-0.1, -0.05) is 107 Å². The van der Waals surface area contributed by atoms with Crippen LogP contribution in [0.4, 0.5) is 0 Å². The van der Waals surface area contributed by atoms with E-state index >= 15 is 0 Å². The molecule has 9 atom stereocenters. The number of hydrogen-bond donors (Lipinski definition) is 4. The molecule has 3 aromatic heterocycles. The van der Waals surface area contributed by atoms with Crippen LogP contribution in [0.25, 0.3) is 15.4 Å². The molecule has 4 N–H and O–H groups in total. The maximum Gasteiger partial charge on any atom is 0.494 e. The van der Waals surface area contributed by atoms with Crippen LogP contribution in [0.5, 0.6) is 0 Å². The highest BCUT2D eigenvalue weighted by Crippen LogP contribution is 2.67. The van der Waals surface area contributed by atoms with Gasteiger partial charge in [-0.05, 0) is 129 Å². The van der Waals surface area contributed by atoms with E-state index in [1.165, 1.54) is 9.78 Å². The molecular formula is C63H75BClN9O7S2. The second-order valence-electron chi connectivity index (χ2n) is 25.2. The number of carbonyl (C=O) groups excluding carboxylic acids is 4. The van der Waals surface area contributed by atoms with Gasteiger partial charge in [0.25, 0.3) is 0 Å². The van der Waals surface area contributed by atoms with Gasteiger partial charge in [0.2, 0.25) is 23.6 Å². The summed E-state index contributed by atoms with van der Waals surface area (Å²) < 4.78 is 16.3. The number of carbonyl (C=O) groups is 4. The summed E-state index contributed by atoms with van der Waals surface area (Å²) in [6, 6.07) is 20.8. The lowest BCUT2D eigenvalue weighted by Gasteiger charge is -2.65. The predicted octanol–water partition coefficient (Wildman–Crippen LogP) is 9.44. The number of nitrogens with zero attached hydrogens (tertiary/aromatic N) is 6. The third-order valence-corrected chi connectivity index (χ3v) is 20.9. The SMILES string of the molecule is Cc1ncsc1-c1ccc([C@H](C)NC(=O)[C@@H]2C[C@@H](O)CN2C(=O)[C@@H](NC(=O)CCc2ccccc2B2O[C@H]3C[C@H]4C[C@H](C4(C)C)[C@@]3(CCCNC(=O)C[C@@H]3N=C(c4ccc(Cl)cc4)c4c(sc(C)c4C)-n4c(C)nnc43)O2)C(C)(C)C)cc1. The van der Waals surface area contributed by atoms with Gasteiger partial charge in [0.15, 0.2) is 5.82 Å². The molecule has 2 bridgehead atoms. The molecule has 16 nitrogen and oxygen atoms in total. The molecule has 3 aliphatic heterocycles. The molecule has 6 heterocycles. The number of amides is 4. The number of thiazole rings is 1. The van der Waals surface area contributed by atoms with Gasteiger partial charge < -0.3 is 35.3 Å². The lowest BCUT2D eigenvalue weighted by molar-refractivity contribution is -0.210. The molecule has 20 heteroatoms. The van der Waals surface area contributed by atoms with Crippen molar-refractivity contribution in [1.29, 1.82) is 0 Å². The topological polar surface area (TPSA) is 202 Å². The molecule has 0 spiro atoms. The summed E-state index contributed by atoms with van der Waals surface area (Å²) in [6.45, 7) is 20.8. The molecule has 12 rings (SSSR count). The standard InChI is InChI=1S/C63H75BClN9O7S2/c1-34-37(4)83-60-53(34)54(41-20-23-44(65)24-21-41)69-47(57-72-71-38(5)74(57)60)31-52(77)66-27-13-26-63-49-28-43(62(49,9)10)29-50(63)80-64(81-63)46-15-12-11-14-40(46)22-25-51(76)70-56(61(6,7)8)59(79)73-32-45(75)30-48(73)58(78)68-35(2)39-16-18-42(19-17-39)55-36(3)67-33-82-55/h11-12,14-21,23-24,33,35,43,45,47-50,56,75H,13,22,25-32H2,1-10H3,(H,66,77)(H,68,78)(H,70,76)/t35-,43+,45+,47-,48-,49+,50-,56+,63+/m0/s1. The Morgan fingerprint density at radius 1 is 0.928 bits per heavy atom. The van der Waals surface area contributed by atoms with E-state index in [0.29, 0.717) is 42.6 Å². The molecule has 83 heavy (non-hydrogen) atoms. The zero-order valence-electron chi connectivity index (χ0n) is 49.0. The molecule has 436 valence electrons. The average Bonchev–Trinajstić information content (AvgIpc) is 2.23. The number of aliphatic hydroxyl groups excluding tert-OH is 1. The molecule has 5 fully saturated rings. The summed E-state index contributed by atoms with van der Waals surface area (Å²) in [5.74, 6) is 0.898. The van der Waals surface area contributed by atoms with Crippen molar-refractivity contribution in [2.75, 3.05) is 13.1 Å². The van der Waals surface area contributed by atoms with Gasteiger partial charge in [0, 0.05) is 47.0 Å². The molecule has 0 unspecified atom stereocenters. The lowest BCUT2D eigenvalue weighted by atomic mass is 9.42. The van der Waals surface area contributed by atoms with E-state index < -0.39 is 48.3 Å². The minimum atomic E-state index is -0.970. The van der Waals surface area contributed by atoms with E-state index in [4.69, 9.17) is 25.9 Å². The molecule has 2 saturated heterocycles. The fourth-order valence-electron chi connectivity index (χ4n) is 13.6. The fraction of sp³-hybridized carbons (Fsp3) is 0.492.